The molecule has 0 bridgehead atoms. The van der Waals surface area contributed by atoms with Crippen molar-refractivity contribution in [2.45, 2.75) is 0 Å². The summed E-state index contributed by atoms with van der Waals surface area (Å²) < 4.78 is 11.2. The smallest absolute Gasteiger partial charge is 0.257 e. The third-order valence-electron chi connectivity index (χ3n) is 3.30. The van der Waals surface area contributed by atoms with E-state index >= 15 is 0 Å². The minimum atomic E-state index is -0.297. The van der Waals surface area contributed by atoms with Gasteiger partial charge in [0.1, 0.15) is 5.52 Å². The van der Waals surface area contributed by atoms with Gasteiger partial charge in [-0.3, -0.25) is 10.1 Å². The molecule has 0 spiro atoms. The van der Waals surface area contributed by atoms with Gasteiger partial charge in [0.15, 0.2) is 16.6 Å². The first-order valence-corrected chi connectivity index (χ1v) is 8.14. The van der Waals surface area contributed by atoms with Crippen LogP contribution in [0.2, 0.25) is 10.0 Å². The third kappa shape index (κ3) is 2.59. The van der Waals surface area contributed by atoms with Crippen molar-refractivity contribution in [3.63, 3.8) is 0 Å². The number of carbonyl (C=O) groups excluding carboxylic acids is 1. The Hall–Kier alpha value is -2.02. The van der Waals surface area contributed by atoms with E-state index in [0.29, 0.717) is 37.8 Å². The Morgan fingerprint density at radius 2 is 1.91 bits per heavy atom. The molecule has 4 rings (SSSR count). The summed E-state index contributed by atoms with van der Waals surface area (Å²) in [6, 6.07) is 8.37. The summed E-state index contributed by atoms with van der Waals surface area (Å²) in [5.41, 5.74) is 1.02. The van der Waals surface area contributed by atoms with Gasteiger partial charge in [0, 0.05) is 5.56 Å². The van der Waals surface area contributed by atoms with Gasteiger partial charge in [-0.1, -0.05) is 34.5 Å². The lowest BCUT2D eigenvalue weighted by molar-refractivity contribution is 0.102. The molecule has 1 aromatic heterocycles. The van der Waals surface area contributed by atoms with Gasteiger partial charge in [0.25, 0.3) is 5.91 Å². The first kappa shape index (κ1) is 14.6. The monoisotopic (exact) mass is 366 g/mol. The van der Waals surface area contributed by atoms with Gasteiger partial charge < -0.3 is 9.47 Å². The van der Waals surface area contributed by atoms with Gasteiger partial charge >= 0.3 is 0 Å². The number of amides is 1. The van der Waals surface area contributed by atoms with Gasteiger partial charge in [0.05, 0.1) is 14.7 Å². The van der Waals surface area contributed by atoms with Gasteiger partial charge in [-0.15, -0.1) is 0 Å². The van der Waals surface area contributed by atoms with E-state index in [9.17, 15) is 4.79 Å². The number of hydrogen-bond acceptors (Lipinski definition) is 5. The van der Waals surface area contributed by atoms with Crippen LogP contribution in [0.25, 0.3) is 10.2 Å². The highest BCUT2D eigenvalue weighted by molar-refractivity contribution is 7.23. The summed E-state index contributed by atoms with van der Waals surface area (Å²) >= 11 is 13.5. The minimum absolute atomic E-state index is 0.162. The normalized spacial score (nSPS) is 12.6. The molecule has 0 atom stereocenters. The van der Waals surface area contributed by atoms with Crippen molar-refractivity contribution in [1.29, 1.82) is 0 Å². The SMILES string of the molecule is O=C(Nc1nc2c(Cl)ccc(Cl)c2s1)c1ccc2c(c1)OCO2. The van der Waals surface area contributed by atoms with E-state index in [1.807, 2.05) is 0 Å². The largest absolute Gasteiger partial charge is 0.454 e. The summed E-state index contributed by atoms with van der Waals surface area (Å²) in [6.45, 7) is 0.162. The zero-order valence-electron chi connectivity index (χ0n) is 11.4. The molecular weight excluding hydrogens is 359 g/mol. The van der Waals surface area contributed by atoms with Crippen LogP contribution in [0.15, 0.2) is 30.3 Å². The Bertz CT molecular complexity index is 903. The van der Waals surface area contributed by atoms with Crippen LogP contribution in [-0.2, 0) is 0 Å². The second kappa shape index (κ2) is 5.56. The lowest BCUT2D eigenvalue weighted by Crippen LogP contribution is -2.11. The summed E-state index contributed by atoms with van der Waals surface area (Å²) in [7, 11) is 0. The van der Waals surface area contributed by atoms with Crippen molar-refractivity contribution >= 4 is 55.8 Å². The molecule has 1 N–H and O–H groups in total. The number of aromatic nitrogens is 1. The first-order chi connectivity index (χ1) is 11.1. The lowest BCUT2D eigenvalue weighted by Gasteiger charge is -2.02. The molecule has 0 saturated carbocycles. The zero-order chi connectivity index (χ0) is 16.0. The number of thiazole rings is 1. The average Bonchev–Trinajstić information content (AvgIpc) is 3.17. The van der Waals surface area contributed by atoms with E-state index < -0.39 is 0 Å². The summed E-state index contributed by atoms with van der Waals surface area (Å²) in [5, 5.41) is 4.21. The van der Waals surface area contributed by atoms with E-state index in [2.05, 4.69) is 10.3 Å². The number of ether oxygens (including phenoxy) is 2. The van der Waals surface area contributed by atoms with E-state index in [-0.39, 0.29) is 12.7 Å². The van der Waals surface area contributed by atoms with Crippen LogP contribution < -0.4 is 14.8 Å². The Kier molecular flexibility index (Phi) is 3.52. The van der Waals surface area contributed by atoms with E-state index in [1.54, 1.807) is 30.3 Å². The number of benzene rings is 2. The Labute approximate surface area is 144 Å². The van der Waals surface area contributed by atoms with Crippen LogP contribution in [0.3, 0.4) is 0 Å². The molecule has 1 amide bonds. The van der Waals surface area contributed by atoms with Crippen LogP contribution in [0, 0.1) is 0 Å². The molecule has 1 aliphatic rings. The summed E-state index contributed by atoms with van der Waals surface area (Å²) in [6.07, 6.45) is 0. The molecule has 0 unspecified atom stereocenters. The molecular formula is C15H8Cl2N2O3S. The lowest BCUT2D eigenvalue weighted by atomic mass is 10.2. The second-order valence-electron chi connectivity index (χ2n) is 4.75. The van der Waals surface area contributed by atoms with Crippen molar-refractivity contribution in [3.05, 3.63) is 45.9 Å². The number of carbonyl (C=O) groups is 1. The predicted octanol–water partition coefficient (Wildman–Crippen LogP) is 4.58. The van der Waals surface area contributed by atoms with E-state index in [0.717, 1.165) is 4.70 Å². The number of halogens is 2. The van der Waals surface area contributed by atoms with Gasteiger partial charge in [-0.25, -0.2) is 4.98 Å². The number of rotatable bonds is 2. The molecule has 2 aromatic carbocycles. The van der Waals surface area contributed by atoms with Gasteiger partial charge in [-0.05, 0) is 30.3 Å². The zero-order valence-corrected chi connectivity index (χ0v) is 13.8. The molecule has 1 aliphatic heterocycles. The van der Waals surface area contributed by atoms with Crippen molar-refractivity contribution in [2.75, 3.05) is 12.1 Å². The highest BCUT2D eigenvalue weighted by Gasteiger charge is 2.18. The maximum absolute atomic E-state index is 12.4. The van der Waals surface area contributed by atoms with Crippen molar-refractivity contribution in [1.82, 2.24) is 4.98 Å². The van der Waals surface area contributed by atoms with Crippen molar-refractivity contribution in [2.24, 2.45) is 0 Å². The summed E-state index contributed by atoms with van der Waals surface area (Å²) in [4.78, 5) is 16.7. The van der Waals surface area contributed by atoms with Crippen molar-refractivity contribution < 1.29 is 14.3 Å². The topological polar surface area (TPSA) is 60.5 Å². The Morgan fingerprint density at radius 1 is 1.13 bits per heavy atom. The quantitative estimate of drug-likeness (QED) is 0.720. The van der Waals surface area contributed by atoms with E-state index in [4.69, 9.17) is 32.7 Å². The summed E-state index contributed by atoms with van der Waals surface area (Å²) in [5.74, 6) is 0.878. The number of hydrogen-bond donors (Lipinski definition) is 1. The fourth-order valence-corrected chi connectivity index (χ4v) is 3.62. The molecule has 0 fully saturated rings. The highest BCUT2D eigenvalue weighted by Crippen LogP contribution is 2.36. The molecule has 0 saturated heterocycles. The molecule has 23 heavy (non-hydrogen) atoms. The Balaban J connectivity index is 1.64. The number of fused-ring (bicyclic) bond motifs is 2. The average molecular weight is 367 g/mol. The van der Waals surface area contributed by atoms with Crippen LogP contribution in [0.4, 0.5) is 5.13 Å². The number of anilines is 1. The van der Waals surface area contributed by atoms with Gasteiger partial charge in [0.2, 0.25) is 6.79 Å². The van der Waals surface area contributed by atoms with E-state index in [1.165, 1.54) is 11.3 Å². The second-order valence-corrected chi connectivity index (χ2v) is 6.56. The predicted molar refractivity (Wildman–Crippen MR) is 90.2 cm³/mol. The Morgan fingerprint density at radius 3 is 2.74 bits per heavy atom. The van der Waals surface area contributed by atoms with Crippen LogP contribution in [0.1, 0.15) is 10.4 Å². The molecule has 3 aromatic rings. The molecule has 0 radical (unpaired) electrons. The van der Waals surface area contributed by atoms with Crippen LogP contribution in [-0.4, -0.2) is 17.7 Å². The number of nitrogens with one attached hydrogen (secondary N) is 1. The maximum atomic E-state index is 12.4. The molecule has 5 nitrogen and oxygen atoms in total. The minimum Gasteiger partial charge on any atom is -0.454 e. The molecule has 0 aliphatic carbocycles. The van der Waals surface area contributed by atoms with Gasteiger partial charge in [-0.2, -0.15) is 0 Å². The number of nitrogens with zero attached hydrogens (tertiary/aromatic N) is 1. The fraction of sp³-hybridized carbons (Fsp3) is 0.0667. The maximum Gasteiger partial charge on any atom is 0.257 e. The molecule has 116 valence electrons. The fourth-order valence-electron chi connectivity index (χ4n) is 2.21. The third-order valence-corrected chi connectivity index (χ3v) is 5.04. The van der Waals surface area contributed by atoms with Crippen LogP contribution >= 0.6 is 34.5 Å². The van der Waals surface area contributed by atoms with Crippen molar-refractivity contribution in [3.8, 4) is 11.5 Å². The van der Waals surface area contributed by atoms with Crippen LogP contribution in [0.5, 0.6) is 11.5 Å². The molecule has 2 heterocycles. The standard InChI is InChI=1S/C15H8Cl2N2O3S/c16-8-2-3-9(17)13-12(8)18-15(23-13)19-14(20)7-1-4-10-11(5-7)22-6-21-10/h1-5H,6H2,(H,18,19,20). The first-order valence-electron chi connectivity index (χ1n) is 6.57. The highest BCUT2D eigenvalue weighted by atomic mass is 35.5. The molecule has 8 heteroatoms.